The normalized spacial score (nSPS) is 19.8. The highest BCUT2D eigenvalue weighted by Gasteiger charge is 2.38. The van der Waals surface area contributed by atoms with Crippen molar-refractivity contribution in [2.75, 3.05) is 26.7 Å². The third-order valence-electron chi connectivity index (χ3n) is 6.70. The molecule has 1 atom stereocenters. The highest BCUT2D eigenvalue weighted by Crippen LogP contribution is 2.35. The molecule has 3 aromatic rings. The summed E-state index contributed by atoms with van der Waals surface area (Å²) in [6.45, 7) is 2.14. The quantitative estimate of drug-likeness (QED) is 0.664. The lowest BCUT2D eigenvalue weighted by atomic mass is 9.89. The number of aromatic nitrogens is 1. The Kier molecular flexibility index (Phi) is 5.44. The minimum Gasteiger partial charge on any atom is -0.497 e. The largest absolute Gasteiger partial charge is 0.497 e. The van der Waals surface area contributed by atoms with Crippen LogP contribution in [0.1, 0.15) is 46.8 Å². The van der Waals surface area contributed by atoms with E-state index >= 15 is 0 Å². The van der Waals surface area contributed by atoms with Crippen LogP contribution in [-0.2, 0) is 4.79 Å². The summed E-state index contributed by atoms with van der Waals surface area (Å²) in [5.41, 5.74) is 2.42. The topological polar surface area (TPSA) is 65.6 Å². The summed E-state index contributed by atoms with van der Waals surface area (Å²) in [5.74, 6) is 1.38. The molecule has 0 radical (unpaired) electrons. The van der Waals surface area contributed by atoms with E-state index in [-0.39, 0.29) is 17.9 Å². The van der Waals surface area contributed by atoms with Gasteiger partial charge < -0.3 is 19.5 Å². The molecule has 0 bridgehead atoms. The number of ether oxygens (including phenoxy) is 1. The summed E-state index contributed by atoms with van der Waals surface area (Å²) in [7, 11) is 1.69. The number of rotatable bonds is 4. The number of carbonyl (C=O) groups excluding carboxylic acids is 2. The summed E-state index contributed by atoms with van der Waals surface area (Å²) >= 11 is 1.44. The molecule has 7 heteroatoms. The second kappa shape index (κ2) is 8.38. The molecule has 2 aromatic heterocycles. The average molecular weight is 438 g/mol. The van der Waals surface area contributed by atoms with Gasteiger partial charge in [0.15, 0.2) is 0 Å². The van der Waals surface area contributed by atoms with Crippen LogP contribution < -0.4 is 4.74 Å². The lowest BCUT2D eigenvalue weighted by molar-refractivity contribution is -0.136. The molecule has 2 aliphatic rings. The highest BCUT2D eigenvalue weighted by molar-refractivity contribution is 7.12. The predicted molar refractivity (Wildman–Crippen MR) is 122 cm³/mol. The van der Waals surface area contributed by atoms with Gasteiger partial charge in [-0.05, 0) is 66.8 Å². The molecule has 5 rings (SSSR count). The van der Waals surface area contributed by atoms with Gasteiger partial charge in [0.05, 0.1) is 12.0 Å². The molecule has 2 aliphatic heterocycles. The molecule has 1 N–H and O–H groups in total. The molecule has 162 valence electrons. The molecule has 1 aromatic carbocycles. The van der Waals surface area contributed by atoms with Crippen LogP contribution in [0.25, 0.3) is 10.9 Å². The van der Waals surface area contributed by atoms with Crippen LogP contribution in [0, 0.1) is 0 Å². The number of likely N-dealkylation sites (tertiary alicyclic amines) is 2. The molecule has 0 saturated carbocycles. The molecule has 0 aliphatic carbocycles. The van der Waals surface area contributed by atoms with E-state index in [0.29, 0.717) is 17.3 Å². The van der Waals surface area contributed by atoms with Crippen molar-refractivity contribution in [2.45, 2.75) is 37.6 Å². The van der Waals surface area contributed by atoms with Crippen LogP contribution >= 0.6 is 11.3 Å². The summed E-state index contributed by atoms with van der Waals surface area (Å²) in [4.78, 5) is 34.0. The third-order valence-corrected chi connectivity index (χ3v) is 7.56. The Bertz CT molecular complexity index is 1080. The molecule has 31 heavy (non-hydrogen) atoms. The number of hydrogen-bond acceptors (Lipinski definition) is 4. The number of fused-ring (bicyclic) bond motifs is 1. The Morgan fingerprint density at radius 1 is 1.13 bits per heavy atom. The Labute approximate surface area is 185 Å². The number of hydrogen-bond donors (Lipinski definition) is 1. The molecule has 0 unspecified atom stereocenters. The molecule has 4 heterocycles. The third kappa shape index (κ3) is 3.71. The Morgan fingerprint density at radius 2 is 1.97 bits per heavy atom. The summed E-state index contributed by atoms with van der Waals surface area (Å²) in [6.07, 6.45) is 5.62. The Balaban J connectivity index is 1.26. The molecule has 2 saturated heterocycles. The molecule has 2 amide bonds. The van der Waals surface area contributed by atoms with Crippen LogP contribution in [0.3, 0.4) is 0 Å². The highest BCUT2D eigenvalue weighted by atomic mass is 32.1. The predicted octanol–water partition coefficient (Wildman–Crippen LogP) is 4.25. The number of benzene rings is 1. The number of nitrogens with zero attached hydrogens (tertiary/aromatic N) is 2. The van der Waals surface area contributed by atoms with Crippen molar-refractivity contribution >= 4 is 34.1 Å². The molecular formula is C24H27N3O3S. The van der Waals surface area contributed by atoms with Gasteiger partial charge in [0.2, 0.25) is 5.91 Å². The number of nitrogens with one attached hydrogen (secondary N) is 1. The number of carbonyl (C=O) groups is 2. The summed E-state index contributed by atoms with van der Waals surface area (Å²) < 4.78 is 5.40. The van der Waals surface area contributed by atoms with Crippen molar-refractivity contribution in [3.63, 3.8) is 0 Å². The van der Waals surface area contributed by atoms with Crippen molar-refractivity contribution in [3.05, 3.63) is 52.3 Å². The van der Waals surface area contributed by atoms with Crippen LogP contribution in [0.4, 0.5) is 0 Å². The molecule has 0 spiro atoms. The number of amides is 2. The number of H-pyrrole nitrogens is 1. The summed E-state index contributed by atoms with van der Waals surface area (Å²) in [6, 6.07) is 9.52. The fraction of sp³-hybridized carbons (Fsp3) is 0.417. The van der Waals surface area contributed by atoms with Crippen molar-refractivity contribution in [2.24, 2.45) is 0 Å². The zero-order valence-corrected chi connectivity index (χ0v) is 18.5. The first-order valence-corrected chi connectivity index (χ1v) is 11.8. The summed E-state index contributed by atoms with van der Waals surface area (Å²) in [5, 5.41) is 3.11. The number of aromatic amines is 1. The zero-order valence-electron chi connectivity index (χ0n) is 17.7. The van der Waals surface area contributed by atoms with Crippen molar-refractivity contribution in [1.29, 1.82) is 0 Å². The minimum atomic E-state index is -0.316. The first-order valence-electron chi connectivity index (χ1n) is 10.9. The number of thiophene rings is 1. The van der Waals surface area contributed by atoms with E-state index in [1.807, 2.05) is 28.5 Å². The van der Waals surface area contributed by atoms with Gasteiger partial charge in [0.25, 0.3) is 5.91 Å². The lowest BCUT2D eigenvalue weighted by Crippen LogP contribution is -2.49. The first kappa shape index (κ1) is 20.1. The van der Waals surface area contributed by atoms with Gasteiger partial charge in [0, 0.05) is 36.7 Å². The van der Waals surface area contributed by atoms with Crippen molar-refractivity contribution in [1.82, 2.24) is 14.8 Å². The van der Waals surface area contributed by atoms with E-state index in [1.165, 1.54) is 22.3 Å². The van der Waals surface area contributed by atoms with Gasteiger partial charge in [-0.1, -0.05) is 6.07 Å². The van der Waals surface area contributed by atoms with Crippen molar-refractivity contribution in [3.8, 4) is 5.75 Å². The van der Waals surface area contributed by atoms with Gasteiger partial charge in [-0.2, -0.15) is 0 Å². The van der Waals surface area contributed by atoms with Gasteiger partial charge in [0.1, 0.15) is 11.8 Å². The molecule has 2 fully saturated rings. The van der Waals surface area contributed by atoms with E-state index in [4.69, 9.17) is 4.74 Å². The second-order valence-corrected chi connectivity index (χ2v) is 9.34. The monoisotopic (exact) mass is 437 g/mol. The van der Waals surface area contributed by atoms with Crippen LogP contribution in [0.5, 0.6) is 5.75 Å². The van der Waals surface area contributed by atoms with Gasteiger partial charge >= 0.3 is 0 Å². The smallest absolute Gasteiger partial charge is 0.264 e. The van der Waals surface area contributed by atoms with Crippen LogP contribution in [0.2, 0.25) is 0 Å². The maximum absolute atomic E-state index is 13.3. The number of piperidine rings is 1. The minimum absolute atomic E-state index is 0.00604. The fourth-order valence-corrected chi connectivity index (χ4v) is 5.69. The van der Waals surface area contributed by atoms with Crippen LogP contribution in [-0.4, -0.2) is 59.4 Å². The molecule has 6 nitrogen and oxygen atoms in total. The van der Waals surface area contributed by atoms with Gasteiger partial charge in [-0.25, -0.2) is 0 Å². The fourth-order valence-electron chi connectivity index (χ4n) is 5.02. The van der Waals surface area contributed by atoms with E-state index in [1.54, 1.807) is 12.0 Å². The zero-order chi connectivity index (χ0) is 21.4. The number of methoxy groups -OCH3 is 1. The van der Waals surface area contributed by atoms with E-state index in [0.717, 1.165) is 50.0 Å². The Hall–Kier alpha value is -2.80. The van der Waals surface area contributed by atoms with Crippen LogP contribution in [0.15, 0.2) is 41.9 Å². The maximum Gasteiger partial charge on any atom is 0.264 e. The standard InChI is InChI=1S/C24H27N3O3S/c1-30-17-6-7-20-18(14-17)19(15-25-20)16-8-11-26(12-9-16)23(28)21-4-2-10-27(21)24(29)22-5-3-13-31-22/h3,5-7,13-16,21,25H,2,4,8-12H2,1H3/t21-/m0/s1. The Morgan fingerprint density at radius 3 is 2.71 bits per heavy atom. The van der Waals surface area contributed by atoms with Gasteiger partial charge in [-0.15, -0.1) is 11.3 Å². The average Bonchev–Trinajstić information content (AvgIpc) is 3.58. The first-order chi connectivity index (χ1) is 15.2. The molecular weight excluding hydrogens is 410 g/mol. The second-order valence-electron chi connectivity index (χ2n) is 8.39. The van der Waals surface area contributed by atoms with E-state index in [2.05, 4.69) is 23.3 Å². The SMILES string of the molecule is COc1ccc2[nH]cc(C3CCN(C(=O)[C@@H]4CCCN4C(=O)c4cccs4)CC3)c2c1. The van der Waals surface area contributed by atoms with E-state index < -0.39 is 0 Å². The lowest BCUT2D eigenvalue weighted by Gasteiger charge is -2.35. The maximum atomic E-state index is 13.3. The van der Waals surface area contributed by atoms with Crippen molar-refractivity contribution < 1.29 is 14.3 Å². The van der Waals surface area contributed by atoms with Gasteiger partial charge in [-0.3, -0.25) is 9.59 Å². The van der Waals surface area contributed by atoms with E-state index in [9.17, 15) is 9.59 Å².